The monoisotopic (exact) mass is 295 g/mol. The van der Waals surface area contributed by atoms with E-state index in [4.69, 9.17) is 0 Å². The maximum Gasteiger partial charge on any atom is 0.134 e. The van der Waals surface area contributed by atoms with Gasteiger partial charge in [0.05, 0.1) is 0 Å². The van der Waals surface area contributed by atoms with Crippen LogP contribution in [0.1, 0.15) is 18.9 Å². The van der Waals surface area contributed by atoms with Gasteiger partial charge in [-0.2, -0.15) is 11.8 Å². The molecule has 112 valence electrons. The standard InChI is InChI=1S/C14H25N5S/c1-3-4-15-13-12(2)14(18-11-17-13)16-5-6-19-7-9-20-10-8-19/h11H,3-10H2,1-2H3,(H2,15,16,17,18). The van der Waals surface area contributed by atoms with Crippen molar-refractivity contribution < 1.29 is 0 Å². The summed E-state index contributed by atoms with van der Waals surface area (Å²) in [7, 11) is 0. The Balaban J connectivity index is 1.82. The van der Waals surface area contributed by atoms with E-state index >= 15 is 0 Å². The van der Waals surface area contributed by atoms with Crippen LogP contribution in [0.4, 0.5) is 11.6 Å². The molecular weight excluding hydrogens is 270 g/mol. The van der Waals surface area contributed by atoms with E-state index in [0.29, 0.717) is 0 Å². The van der Waals surface area contributed by atoms with Crippen molar-refractivity contribution in [1.29, 1.82) is 0 Å². The maximum atomic E-state index is 4.34. The first kappa shape index (κ1) is 15.4. The van der Waals surface area contributed by atoms with E-state index in [1.165, 1.54) is 24.6 Å². The lowest BCUT2D eigenvalue weighted by Crippen LogP contribution is -2.36. The lowest BCUT2D eigenvalue weighted by molar-refractivity contribution is 0.314. The Morgan fingerprint density at radius 2 is 1.80 bits per heavy atom. The summed E-state index contributed by atoms with van der Waals surface area (Å²) in [6.07, 6.45) is 2.73. The number of anilines is 2. The molecule has 5 nitrogen and oxygen atoms in total. The fraction of sp³-hybridized carbons (Fsp3) is 0.714. The molecule has 2 rings (SSSR count). The molecule has 0 radical (unpaired) electrons. The zero-order valence-electron chi connectivity index (χ0n) is 12.5. The molecule has 20 heavy (non-hydrogen) atoms. The van der Waals surface area contributed by atoms with Crippen LogP contribution in [-0.4, -0.2) is 59.1 Å². The molecular formula is C14H25N5S. The highest BCUT2D eigenvalue weighted by atomic mass is 32.2. The third-order valence-electron chi connectivity index (χ3n) is 3.45. The number of hydrogen-bond donors (Lipinski definition) is 2. The summed E-state index contributed by atoms with van der Waals surface area (Å²) >= 11 is 2.05. The predicted molar refractivity (Wildman–Crippen MR) is 87.8 cm³/mol. The summed E-state index contributed by atoms with van der Waals surface area (Å²) in [6.45, 7) is 9.61. The van der Waals surface area contributed by atoms with E-state index in [0.717, 1.165) is 43.3 Å². The van der Waals surface area contributed by atoms with Crippen molar-refractivity contribution in [2.45, 2.75) is 20.3 Å². The molecule has 1 saturated heterocycles. The van der Waals surface area contributed by atoms with E-state index in [2.05, 4.69) is 39.3 Å². The van der Waals surface area contributed by atoms with Crippen LogP contribution < -0.4 is 10.6 Å². The van der Waals surface area contributed by atoms with E-state index in [1.807, 2.05) is 11.8 Å². The van der Waals surface area contributed by atoms with Gasteiger partial charge in [0.15, 0.2) is 0 Å². The molecule has 0 amide bonds. The molecule has 0 spiro atoms. The molecule has 1 aromatic heterocycles. The number of hydrogen-bond acceptors (Lipinski definition) is 6. The lowest BCUT2D eigenvalue weighted by Gasteiger charge is -2.26. The van der Waals surface area contributed by atoms with Crippen molar-refractivity contribution in [3.05, 3.63) is 11.9 Å². The van der Waals surface area contributed by atoms with E-state index in [1.54, 1.807) is 6.33 Å². The van der Waals surface area contributed by atoms with Crippen LogP contribution in [0, 0.1) is 6.92 Å². The Morgan fingerprint density at radius 3 is 2.45 bits per heavy atom. The molecule has 2 heterocycles. The van der Waals surface area contributed by atoms with Gasteiger partial charge in [-0.05, 0) is 13.3 Å². The molecule has 0 unspecified atom stereocenters. The lowest BCUT2D eigenvalue weighted by atomic mass is 10.3. The van der Waals surface area contributed by atoms with Gasteiger partial charge in [0.2, 0.25) is 0 Å². The molecule has 0 atom stereocenters. The summed E-state index contributed by atoms with van der Waals surface area (Å²) in [6, 6.07) is 0. The second kappa shape index (κ2) is 8.32. The maximum absolute atomic E-state index is 4.34. The molecule has 1 aliphatic rings. The number of nitrogens with zero attached hydrogens (tertiary/aromatic N) is 3. The van der Waals surface area contributed by atoms with Crippen LogP contribution >= 0.6 is 11.8 Å². The molecule has 0 aliphatic carbocycles. The van der Waals surface area contributed by atoms with Crippen LogP contribution in [0.2, 0.25) is 0 Å². The van der Waals surface area contributed by atoms with Gasteiger partial charge < -0.3 is 10.6 Å². The summed E-state index contributed by atoms with van der Waals surface area (Å²) in [5, 5.41) is 6.78. The highest BCUT2D eigenvalue weighted by Gasteiger charge is 2.10. The highest BCUT2D eigenvalue weighted by molar-refractivity contribution is 7.99. The Morgan fingerprint density at radius 1 is 1.15 bits per heavy atom. The van der Waals surface area contributed by atoms with Gasteiger partial charge in [-0.25, -0.2) is 9.97 Å². The van der Waals surface area contributed by atoms with Gasteiger partial charge in [-0.3, -0.25) is 4.90 Å². The minimum atomic E-state index is 0.940. The van der Waals surface area contributed by atoms with Gasteiger partial charge in [-0.1, -0.05) is 6.92 Å². The van der Waals surface area contributed by atoms with Crippen molar-refractivity contribution >= 4 is 23.4 Å². The zero-order valence-corrected chi connectivity index (χ0v) is 13.3. The Labute approximate surface area is 125 Å². The largest absolute Gasteiger partial charge is 0.370 e. The molecule has 0 bridgehead atoms. The molecule has 1 fully saturated rings. The molecule has 0 aromatic carbocycles. The first-order valence-corrected chi connectivity index (χ1v) is 8.56. The van der Waals surface area contributed by atoms with E-state index < -0.39 is 0 Å². The average Bonchev–Trinajstić information content (AvgIpc) is 2.49. The van der Waals surface area contributed by atoms with Gasteiger partial charge in [0.1, 0.15) is 18.0 Å². The van der Waals surface area contributed by atoms with Crippen molar-refractivity contribution in [3.63, 3.8) is 0 Å². The van der Waals surface area contributed by atoms with Gasteiger partial charge in [-0.15, -0.1) is 0 Å². The number of aromatic nitrogens is 2. The third-order valence-corrected chi connectivity index (χ3v) is 4.39. The van der Waals surface area contributed by atoms with E-state index in [9.17, 15) is 0 Å². The first-order valence-electron chi connectivity index (χ1n) is 7.40. The molecule has 2 N–H and O–H groups in total. The Hall–Kier alpha value is -1.01. The topological polar surface area (TPSA) is 53.1 Å². The second-order valence-corrected chi connectivity index (χ2v) is 6.23. The van der Waals surface area contributed by atoms with Crippen LogP contribution in [0.5, 0.6) is 0 Å². The zero-order chi connectivity index (χ0) is 14.2. The quantitative estimate of drug-likeness (QED) is 0.803. The number of nitrogens with one attached hydrogen (secondary N) is 2. The molecule has 1 aliphatic heterocycles. The van der Waals surface area contributed by atoms with Crippen molar-refractivity contribution in [2.75, 3.05) is 54.9 Å². The number of thioether (sulfide) groups is 1. The Bertz CT molecular complexity index is 407. The SMILES string of the molecule is CCCNc1ncnc(NCCN2CCSCC2)c1C. The average molecular weight is 295 g/mol. The molecule has 1 aromatic rings. The second-order valence-electron chi connectivity index (χ2n) is 5.00. The first-order chi connectivity index (χ1) is 9.81. The molecule has 6 heteroatoms. The normalized spacial score (nSPS) is 16.1. The van der Waals surface area contributed by atoms with Crippen molar-refractivity contribution in [2.24, 2.45) is 0 Å². The van der Waals surface area contributed by atoms with E-state index in [-0.39, 0.29) is 0 Å². The highest BCUT2D eigenvalue weighted by Crippen LogP contribution is 2.18. The smallest absolute Gasteiger partial charge is 0.134 e. The van der Waals surface area contributed by atoms with Crippen LogP contribution in [0.25, 0.3) is 0 Å². The third kappa shape index (κ3) is 4.52. The minimum absolute atomic E-state index is 0.940. The number of rotatable bonds is 7. The summed E-state index contributed by atoms with van der Waals surface area (Å²) < 4.78 is 0. The fourth-order valence-corrected chi connectivity index (χ4v) is 3.19. The molecule has 0 saturated carbocycles. The Kier molecular flexibility index (Phi) is 6.39. The predicted octanol–water partition coefficient (Wildman–Crippen LogP) is 2.07. The van der Waals surface area contributed by atoms with Crippen LogP contribution in [0.15, 0.2) is 6.33 Å². The van der Waals surface area contributed by atoms with Crippen LogP contribution in [0.3, 0.4) is 0 Å². The van der Waals surface area contributed by atoms with Crippen LogP contribution in [-0.2, 0) is 0 Å². The van der Waals surface area contributed by atoms with Gasteiger partial charge >= 0.3 is 0 Å². The summed E-state index contributed by atoms with van der Waals surface area (Å²) in [4.78, 5) is 11.2. The van der Waals surface area contributed by atoms with Gasteiger partial charge in [0, 0.05) is 49.8 Å². The van der Waals surface area contributed by atoms with Gasteiger partial charge in [0.25, 0.3) is 0 Å². The van der Waals surface area contributed by atoms with Crippen molar-refractivity contribution in [1.82, 2.24) is 14.9 Å². The minimum Gasteiger partial charge on any atom is -0.370 e. The van der Waals surface area contributed by atoms with Crippen molar-refractivity contribution in [3.8, 4) is 0 Å². The fourth-order valence-electron chi connectivity index (χ4n) is 2.21. The summed E-state index contributed by atoms with van der Waals surface area (Å²) in [5.41, 5.74) is 1.11. The summed E-state index contributed by atoms with van der Waals surface area (Å²) in [5.74, 6) is 4.42.